The Morgan fingerprint density at radius 2 is 2.12 bits per heavy atom. The third kappa shape index (κ3) is 3.83. The van der Waals surface area contributed by atoms with Crippen LogP contribution in [0.1, 0.15) is 13.8 Å². The van der Waals surface area contributed by atoms with Gasteiger partial charge >= 0.3 is 0 Å². The zero-order chi connectivity index (χ0) is 18.8. The van der Waals surface area contributed by atoms with Gasteiger partial charge in [-0.05, 0) is 5.92 Å². The van der Waals surface area contributed by atoms with Crippen molar-refractivity contribution in [3.63, 3.8) is 0 Å². The molecule has 3 heterocycles. The molecule has 0 fully saturated rings. The molecule has 3 aromatic heterocycles. The number of thioether (sulfide) groups is 1. The summed E-state index contributed by atoms with van der Waals surface area (Å²) >= 11 is 6.82. The summed E-state index contributed by atoms with van der Waals surface area (Å²) < 4.78 is 13.2. The van der Waals surface area contributed by atoms with Crippen LogP contribution in [0.25, 0.3) is 11.2 Å². The first-order valence-electron chi connectivity index (χ1n) is 7.47. The van der Waals surface area contributed by atoms with Crippen molar-refractivity contribution in [1.29, 1.82) is 0 Å². The number of rotatable bonds is 5. The number of H-pyrrole nitrogens is 1. The first-order chi connectivity index (χ1) is 12.3. The Balaban J connectivity index is 1.85. The molecule has 9 nitrogen and oxygen atoms in total. The van der Waals surface area contributed by atoms with Gasteiger partial charge in [0.15, 0.2) is 16.6 Å². The van der Waals surface area contributed by atoms with E-state index in [2.05, 4.69) is 35.2 Å². The number of carbonyl (C=O) groups is 1. The van der Waals surface area contributed by atoms with Crippen LogP contribution in [0, 0.1) is 11.7 Å². The predicted molar refractivity (Wildman–Crippen MR) is 96.2 cm³/mol. The average Bonchev–Trinajstić information content (AvgIpc) is 3.03. The van der Waals surface area contributed by atoms with Gasteiger partial charge in [0.05, 0.1) is 17.8 Å². The van der Waals surface area contributed by atoms with Crippen LogP contribution < -0.4 is 11.1 Å². The second-order valence-electron chi connectivity index (χ2n) is 5.59. The second kappa shape index (κ2) is 7.38. The molecule has 4 N–H and O–H groups in total. The lowest BCUT2D eigenvalue weighted by Gasteiger charge is -2.19. The van der Waals surface area contributed by atoms with Gasteiger partial charge in [0.25, 0.3) is 0 Å². The number of hydrogen-bond acceptors (Lipinski definition) is 8. The maximum atomic E-state index is 13.2. The maximum Gasteiger partial charge on any atom is 0.240 e. The van der Waals surface area contributed by atoms with Crippen LogP contribution in [0.3, 0.4) is 0 Å². The normalized spacial score (nSPS) is 12.5. The van der Waals surface area contributed by atoms with Crippen molar-refractivity contribution in [3.05, 3.63) is 23.5 Å². The summed E-state index contributed by atoms with van der Waals surface area (Å²) in [5, 5.41) is 2.11. The molecule has 0 spiro atoms. The van der Waals surface area contributed by atoms with Crippen molar-refractivity contribution >= 4 is 52.3 Å². The summed E-state index contributed by atoms with van der Waals surface area (Å²) in [6.45, 7) is 3.76. The van der Waals surface area contributed by atoms with Crippen molar-refractivity contribution in [1.82, 2.24) is 29.9 Å². The van der Waals surface area contributed by atoms with E-state index in [9.17, 15) is 9.18 Å². The first-order valence-corrected chi connectivity index (χ1v) is 8.73. The molecule has 3 rings (SSSR count). The standard InChI is InChI=1S/C14H14ClFN8OS/c1-5(2)8(11(25)23-14-18-3-6(16)9(15)21-14)26-12-7-10(20-4-19-7)22-13(17)24-12/h3-5,8H,1-2H3,(H,18,21,23,25)(H3,17,19,20,22,24)/t8-/m1/s1. The Kier molecular flexibility index (Phi) is 5.18. The van der Waals surface area contributed by atoms with Crippen molar-refractivity contribution in [2.45, 2.75) is 24.1 Å². The molecule has 136 valence electrons. The fourth-order valence-electron chi connectivity index (χ4n) is 2.11. The topological polar surface area (TPSA) is 135 Å². The number of nitrogens with two attached hydrogens (primary N) is 1. The van der Waals surface area contributed by atoms with Gasteiger partial charge < -0.3 is 10.7 Å². The molecule has 12 heteroatoms. The van der Waals surface area contributed by atoms with E-state index in [0.717, 1.165) is 6.20 Å². The van der Waals surface area contributed by atoms with E-state index in [4.69, 9.17) is 17.3 Å². The van der Waals surface area contributed by atoms with Crippen LogP contribution in [-0.2, 0) is 4.79 Å². The molecule has 0 saturated heterocycles. The van der Waals surface area contributed by atoms with Gasteiger partial charge in [0.1, 0.15) is 10.5 Å². The van der Waals surface area contributed by atoms with Gasteiger partial charge in [-0.2, -0.15) is 9.97 Å². The summed E-state index contributed by atoms with van der Waals surface area (Å²) in [5.41, 5.74) is 6.71. The Hall–Kier alpha value is -2.53. The molecule has 0 unspecified atom stereocenters. The van der Waals surface area contributed by atoms with E-state index >= 15 is 0 Å². The number of anilines is 2. The molecule has 0 radical (unpaired) electrons. The summed E-state index contributed by atoms with van der Waals surface area (Å²) in [6.07, 6.45) is 2.36. The minimum Gasteiger partial charge on any atom is -0.368 e. The van der Waals surface area contributed by atoms with Gasteiger partial charge in [-0.25, -0.2) is 19.3 Å². The van der Waals surface area contributed by atoms with Crippen LogP contribution in [0.4, 0.5) is 16.3 Å². The molecule has 0 aliphatic carbocycles. The molecule has 1 amide bonds. The smallest absolute Gasteiger partial charge is 0.240 e. The Morgan fingerprint density at radius 3 is 2.81 bits per heavy atom. The zero-order valence-corrected chi connectivity index (χ0v) is 15.3. The minimum absolute atomic E-state index is 0.0589. The molecule has 0 bridgehead atoms. The number of nitrogens with zero attached hydrogens (tertiary/aromatic N) is 5. The van der Waals surface area contributed by atoms with E-state index in [-0.39, 0.29) is 28.9 Å². The molecule has 0 saturated carbocycles. The number of imidazole rings is 1. The lowest BCUT2D eigenvalue weighted by molar-refractivity contribution is -0.116. The number of halogens is 2. The number of hydrogen-bond donors (Lipinski definition) is 3. The Morgan fingerprint density at radius 1 is 1.35 bits per heavy atom. The number of aromatic nitrogens is 6. The number of aromatic amines is 1. The van der Waals surface area contributed by atoms with E-state index < -0.39 is 11.1 Å². The molecule has 0 aliphatic heterocycles. The van der Waals surface area contributed by atoms with Crippen LogP contribution in [0.15, 0.2) is 17.6 Å². The van der Waals surface area contributed by atoms with E-state index in [0.29, 0.717) is 16.2 Å². The quantitative estimate of drug-likeness (QED) is 0.441. The number of nitrogens with one attached hydrogen (secondary N) is 2. The molecule has 1 atom stereocenters. The van der Waals surface area contributed by atoms with Gasteiger partial charge in [-0.15, -0.1) is 0 Å². The van der Waals surface area contributed by atoms with Crippen molar-refractivity contribution in [3.8, 4) is 0 Å². The van der Waals surface area contributed by atoms with Crippen LogP contribution >= 0.6 is 23.4 Å². The lowest BCUT2D eigenvalue weighted by Crippen LogP contribution is -2.30. The first kappa shape index (κ1) is 18.3. The molecular weight excluding hydrogens is 383 g/mol. The zero-order valence-electron chi connectivity index (χ0n) is 13.7. The molecule has 3 aromatic rings. The summed E-state index contributed by atoms with van der Waals surface area (Å²) in [5.74, 6) is -1.23. The van der Waals surface area contributed by atoms with Crippen LogP contribution in [0.2, 0.25) is 5.15 Å². The lowest BCUT2D eigenvalue weighted by atomic mass is 10.1. The second-order valence-corrected chi connectivity index (χ2v) is 7.08. The maximum absolute atomic E-state index is 13.2. The van der Waals surface area contributed by atoms with Gasteiger partial charge in [0, 0.05) is 0 Å². The molecule has 0 aromatic carbocycles. The number of amides is 1. The highest BCUT2D eigenvalue weighted by molar-refractivity contribution is 8.00. The predicted octanol–water partition coefficient (Wildman–Crippen LogP) is 2.27. The number of fused-ring (bicyclic) bond motifs is 1. The SMILES string of the molecule is CC(C)[C@@H](Sc1nc(N)nc2nc[nH]c12)C(=O)Nc1ncc(F)c(Cl)n1. The summed E-state index contributed by atoms with van der Waals surface area (Å²) in [6, 6.07) is 0. The van der Waals surface area contributed by atoms with Gasteiger partial charge in [-0.1, -0.05) is 37.2 Å². The summed E-state index contributed by atoms with van der Waals surface area (Å²) in [4.78, 5) is 35.3. The number of carbonyl (C=O) groups excluding carboxylic acids is 1. The third-order valence-corrected chi connectivity index (χ3v) is 5.10. The van der Waals surface area contributed by atoms with Crippen molar-refractivity contribution in [2.75, 3.05) is 11.1 Å². The van der Waals surface area contributed by atoms with E-state index in [1.165, 1.54) is 18.1 Å². The monoisotopic (exact) mass is 396 g/mol. The molecule has 0 aliphatic rings. The van der Waals surface area contributed by atoms with E-state index in [1.54, 1.807) is 0 Å². The Bertz CT molecular complexity index is 965. The fraction of sp³-hybridized carbons (Fsp3) is 0.286. The highest BCUT2D eigenvalue weighted by Gasteiger charge is 2.27. The van der Waals surface area contributed by atoms with Crippen LogP contribution in [-0.4, -0.2) is 41.1 Å². The summed E-state index contributed by atoms with van der Waals surface area (Å²) in [7, 11) is 0. The minimum atomic E-state index is -0.766. The van der Waals surface area contributed by atoms with Crippen molar-refractivity contribution < 1.29 is 9.18 Å². The van der Waals surface area contributed by atoms with Crippen molar-refractivity contribution in [2.24, 2.45) is 5.92 Å². The van der Waals surface area contributed by atoms with E-state index in [1.807, 2.05) is 13.8 Å². The van der Waals surface area contributed by atoms with Gasteiger partial charge in [0.2, 0.25) is 17.8 Å². The number of nitrogen functional groups attached to an aromatic ring is 1. The fourth-order valence-corrected chi connectivity index (χ4v) is 3.33. The highest BCUT2D eigenvalue weighted by Crippen LogP contribution is 2.31. The van der Waals surface area contributed by atoms with Gasteiger partial charge in [-0.3, -0.25) is 10.1 Å². The molecule has 26 heavy (non-hydrogen) atoms. The third-order valence-electron chi connectivity index (χ3n) is 3.31. The average molecular weight is 397 g/mol. The van der Waals surface area contributed by atoms with Crippen LogP contribution in [0.5, 0.6) is 0 Å². The largest absolute Gasteiger partial charge is 0.368 e. The molecular formula is C14H14ClFN8OS. The highest BCUT2D eigenvalue weighted by atomic mass is 35.5. The Labute approximate surface area is 156 Å².